The molecule has 3 aromatic rings. The molecule has 1 aromatic carbocycles. The van der Waals surface area contributed by atoms with Crippen LogP contribution in [0.2, 0.25) is 0 Å². The minimum Gasteiger partial charge on any atom is -0.338 e. The second kappa shape index (κ2) is 4.48. The lowest BCUT2D eigenvalue weighted by Crippen LogP contribution is -2.05. The molecule has 2 aromatic heterocycles. The Labute approximate surface area is 111 Å². The lowest BCUT2D eigenvalue weighted by atomic mass is 10.2. The number of aryl methyl sites for hydroxylation is 1. The number of benzene rings is 1. The van der Waals surface area contributed by atoms with E-state index >= 15 is 0 Å². The third-order valence-electron chi connectivity index (χ3n) is 2.68. The van der Waals surface area contributed by atoms with E-state index in [1.807, 2.05) is 0 Å². The summed E-state index contributed by atoms with van der Waals surface area (Å²) in [5.41, 5.74) is 0.419. The normalized spacial score (nSPS) is 11.0. The van der Waals surface area contributed by atoms with Gasteiger partial charge in [0.1, 0.15) is 12.1 Å². The predicted molar refractivity (Wildman–Crippen MR) is 65.1 cm³/mol. The van der Waals surface area contributed by atoms with E-state index in [1.165, 1.54) is 10.8 Å². The van der Waals surface area contributed by atoms with Crippen LogP contribution in [0.15, 0.2) is 24.5 Å². The summed E-state index contributed by atoms with van der Waals surface area (Å²) >= 11 is 0. The van der Waals surface area contributed by atoms with Crippen molar-refractivity contribution in [1.82, 2.24) is 19.6 Å². The number of anilines is 2. The molecule has 3 rings (SSSR count). The van der Waals surface area contributed by atoms with Crippen LogP contribution in [0.25, 0.3) is 5.78 Å². The second-order valence-electron chi connectivity index (χ2n) is 4.10. The molecule has 0 aliphatic rings. The fourth-order valence-corrected chi connectivity index (χ4v) is 1.78. The van der Waals surface area contributed by atoms with Crippen molar-refractivity contribution >= 4 is 17.3 Å². The van der Waals surface area contributed by atoms with Gasteiger partial charge >= 0.3 is 0 Å². The number of fused-ring (bicyclic) bond motifs is 1. The van der Waals surface area contributed by atoms with Gasteiger partial charge in [0, 0.05) is 11.8 Å². The number of rotatable bonds is 2. The summed E-state index contributed by atoms with van der Waals surface area (Å²) in [6.07, 6.45) is 1.29. The molecule has 0 bridgehead atoms. The Morgan fingerprint density at radius 2 is 1.95 bits per heavy atom. The monoisotopic (exact) mass is 279 g/mol. The van der Waals surface area contributed by atoms with Gasteiger partial charge in [0.25, 0.3) is 5.78 Å². The van der Waals surface area contributed by atoms with Crippen molar-refractivity contribution in [3.63, 3.8) is 0 Å². The molecule has 0 saturated heterocycles. The number of hydrogen-bond donors (Lipinski definition) is 1. The summed E-state index contributed by atoms with van der Waals surface area (Å²) in [5, 5.41) is 6.56. The summed E-state index contributed by atoms with van der Waals surface area (Å²) in [6, 6.07) is 3.53. The highest BCUT2D eigenvalue weighted by atomic mass is 19.2. The lowest BCUT2D eigenvalue weighted by Gasteiger charge is -2.10. The van der Waals surface area contributed by atoms with Gasteiger partial charge in [0.2, 0.25) is 0 Å². The van der Waals surface area contributed by atoms with E-state index in [2.05, 4.69) is 20.4 Å². The van der Waals surface area contributed by atoms with Gasteiger partial charge in [0.05, 0.1) is 5.69 Å². The molecule has 0 radical (unpaired) electrons. The molecule has 1 N–H and O–H groups in total. The van der Waals surface area contributed by atoms with Gasteiger partial charge in [-0.2, -0.15) is 14.6 Å². The molecule has 8 heteroatoms. The molecule has 0 amide bonds. The molecule has 102 valence electrons. The highest BCUT2D eigenvalue weighted by molar-refractivity contribution is 5.59. The van der Waals surface area contributed by atoms with E-state index in [9.17, 15) is 13.2 Å². The molecule has 0 aliphatic heterocycles. The first kappa shape index (κ1) is 12.4. The van der Waals surface area contributed by atoms with Crippen molar-refractivity contribution in [1.29, 1.82) is 0 Å². The quantitative estimate of drug-likeness (QED) is 0.733. The first-order valence-electron chi connectivity index (χ1n) is 5.64. The number of halogens is 3. The van der Waals surface area contributed by atoms with Crippen LogP contribution in [0, 0.1) is 24.4 Å². The van der Waals surface area contributed by atoms with Crippen molar-refractivity contribution in [2.24, 2.45) is 0 Å². The first-order chi connectivity index (χ1) is 9.56. The standard InChI is InChI=1S/C12H8F3N5/c1-6-4-9(20-12(18-6)16-5-17-20)19-8-3-2-7(13)10(14)11(8)15/h2-5,19H,1H3. The van der Waals surface area contributed by atoms with Gasteiger partial charge in [-0.3, -0.25) is 0 Å². The highest BCUT2D eigenvalue weighted by Gasteiger charge is 2.15. The Bertz CT molecular complexity index is 799. The van der Waals surface area contributed by atoms with Crippen LogP contribution in [-0.2, 0) is 0 Å². The maximum atomic E-state index is 13.6. The van der Waals surface area contributed by atoms with Crippen molar-refractivity contribution < 1.29 is 13.2 Å². The van der Waals surface area contributed by atoms with Crippen LogP contribution >= 0.6 is 0 Å². The number of aromatic nitrogens is 4. The average molecular weight is 279 g/mol. The smallest absolute Gasteiger partial charge is 0.254 e. The number of nitrogens with zero attached hydrogens (tertiary/aromatic N) is 4. The zero-order valence-electron chi connectivity index (χ0n) is 10.2. The molecule has 0 unspecified atom stereocenters. The topological polar surface area (TPSA) is 55.1 Å². The fourth-order valence-electron chi connectivity index (χ4n) is 1.78. The Morgan fingerprint density at radius 1 is 1.15 bits per heavy atom. The molecule has 0 saturated carbocycles. The maximum absolute atomic E-state index is 13.6. The van der Waals surface area contributed by atoms with Crippen LogP contribution in [0.4, 0.5) is 24.7 Å². The first-order valence-corrected chi connectivity index (χ1v) is 5.64. The van der Waals surface area contributed by atoms with Gasteiger partial charge < -0.3 is 5.32 Å². The van der Waals surface area contributed by atoms with Crippen LogP contribution < -0.4 is 5.32 Å². The Balaban J connectivity index is 2.10. The molecule has 0 atom stereocenters. The largest absolute Gasteiger partial charge is 0.338 e. The van der Waals surface area contributed by atoms with E-state index in [1.54, 1.807) is 13.0 Å². The summed E-state index contributed by atoms with van der Waals surface area (Å²) < 4.78 is 41.0. The predicted octanol–water partition coefficient (Wildman–Crippen LogP) is 2.59. The van der Waals surface area contributed by atoms with Gasteiger partial charge in [-0.05, 0) is 19.1 Å². The zero-order valence-corrected chi connectivity index (χ0v) is 10.2. The number of nitrogens with one attached hydrogen (secondary N) is 1. The minimum absolute atomic E-state index is 0.202. The molecular weight excluding hydrogens is 271 g/mol. The van der Waals surface area contributed by atoms with Crippen molar-refractivity contribution in [3.05, 3.63) is 47.7 Å². The van der Waals surface area contributed by atoms with Crippen LogP contribution in [-0.4, -0.2) is 19.6 Å². The van der Waals surface area contributed by atoms with Gasteiger partial charge in [0.15, 0.2) is 17.5 Å². The molecule has 0 fully saturated rings. The molecular formula is C12H8F3N5. The van der Waals surface area contributed by atoms with E-state index in [0.29, 0.717) is 17.3 Å². The Morgan fingerprint density at radius 3 is 2.75 bits per heavy atom. The Kier molecular flexibility index (Phi) is 2.78. The van der Waals surface area contributed by atoms with Crippen LogP contribution in [0.5, 0.6) is 0 Å². The molecule has 5 nitrogen and oxygen atoms in total. The van der Waals surface area contributed by atoms with Gasteiger partial charge in [-0.15, -0.1) is 0 Å². The van der Waals surface area contributed by atoms with Crippen LogP contribution in [0.3, 0.4) is 0 Å². The third kappa shape index (κ3) is 1.94. The molecule has 0 spiro atoms. The SMILES string of the molecule is Cc1cc(Nc2ccc(F)c(F)c2F)n2ncnc2n1. The summed E-state index contributed by atoms with van der Waals surface area (Å²) in [5.74, 6) is -3.42. The zero-order chi connectivity index (χ0) is 14.3. The third-order valence-corrected chi connectivity index (χ3v) is 2.68. The minimum atomic E-state index is -1.53. The summed E-state index contributed by atoms with van der Waals surface area (Å²) in [4.78, 5) is 8.02. The van der Waals surface area contributed by atoms with Crippen LogP contribution in [0.1, 0.15) is 5.69 Å². The van der Waals surface area contributed by atoms with E-state index in [0.717, 1.165) is 12.1 Å². The summed E-state index contributed by atoms with van der Waals surface area (Å²) in [6.45, 7) is 1.72. The molecule has 0 aliphatic carbocycles. The summed E-state index contributed by atoms with van der Waals surface area (Å²) in [7, 11) is 0. The van der Waals surface area contributed by atoms with E-state index in [4.69, 9.17) is 0 Å². The van der Waals surface area contributed by atoms with E-state index in [-0.39, 0.29) is 5.69 Å². The van der Waals surface area contributed by atoms with Gasteiger partial charge in [-0.25, -0.2) is 18.2 Å². The lowest BCUT2D eigenvalue weighted by molar-refractivity contribution is 0.449. The number of hydrogen-bond acceptors (Lipinski definition) is 4. The van der Waals surface area contributed by atoms with Gasteiger partial charge in [-0.1, -0.05) is 0 Å². The Hall–Kier alpha value is -2.64. The highest BCUT2D eigenvalue weighted by Crippen LogP contribution is 2.23. The fraction of sp³-hybridized carbons (Fsp3) is 0.0833. The van der Waals surface area contributed by atoms with E-state index < -0.39 is 17.5 Å². The maximum Gasteiger partial charge on any atom is 0.254 e. The van der Waals surface area contributed by atoms with Crippen molar-refractivity contribution in [2.45, 2.75) is 6.92 Å². The second-order valence-corrected chi connectivity index (χ2v) is 4.10. The molecule has 20 heavy (non-hydrogen) atoms. The molecule has 2 heterocycles. The van der Waals surface area contributed by atoms with Crippen molar-refractivity contribution in [2.75, 3.05) is 5.32 Å². The average Bonchev–Trinajstić information content (AvgIpc) is 2.87. The van der Waals surface area contributed by atoms with Crippen molar-refractivity contribution in [3.8, 4) is 0 Å².